The molecule has 0 fully saturated rings. The van der Waals surface area contributed by atoms with Crippen LogP contribution in [0.15, 0.2) is 24.4 Å². The average Bonchev–Trinajstić information content (AvgIpc) is 2.71. The van der Waals surface area contributed by atoms with Gasteiger partial charge in [-0.05, 0) is 30.2 Å². The first-order valence-electron chi connectivity index (χ1n) is 5.67. The van der Waals surface area contributed by atoms with Crippen LogP contribution in [0.3, 0.4) is 0 Å². The zero-order valence-electron chi connectivity index (χ0n) is 9.79. The second-order valence-electron chi connectivity index (χ2n) is 4.05. The third kappa shape index (κ3) is 1.91. The topological polar surface area (TPSA) is 51.0 Å². The van der Waals surface area contributed by atoms with Gasteiger partial charge in [-0.3, -0.25) is 0 Å². The lowest BCUT2D eigenvalue weighted by atomic mass is 10.0. The number of H-pyrrole nitrogens is 1. The molecule has 1 aromatic carbocycles. The van der Waals surface area contributed by atoms with E-state index >= 15 is 0 Å². The van der Waals surface area contributed by atoms with Gasteiger partial charge >= 0.3 is 0 Å². The van der Waals surface area contributed by atoms with Crippen LogP contribution in [0.5, 0.6) is 5.75 Å². The molecule has 1 atom stereocenters. The van der Waals surface area contributed by atoms with Gasteiger partial charge in [-0.2, -0.15) is 0 Å². The van der Waals surface area contributed by atoms with Gasteiger partial charge in [0, 0.05) is 23.1 Å². The summed E-state index contributed by atoms with van der Waals surface area (Å²) in [6.45, 7) is 2.15. The predicted octanol–water partition coefficient (Wildman–Crippen LogP) is 2.98. The molecule has 0 amide bonds. The SMILES string of the molecule is CCC[C@H](N)c1c[nH]c2ccc(OC)cc12. The summed E-state index contributed by atoms with van der Waals surface area (Å²) >= 11 is 0. The highest BCUT2D eigenvalue weighted by molar-refractivity contribution is 5.85. The van der Waals surface area contributed by atoms with Crippen molar-refractivity contribution in [2.75, 3.05) is 7.11 Å². The minimum absolute atomic E-state index is 0.103. The first-order chi connectivity index (χ1) is 7.76. The summed E-state index contributed by atoms with van der Waals surface area (Å²) in [4.78, 5) is 3.24. The fourth-order valence-corrected chi connectivity index (χ4v) is 2.02. The number of fused-ring (bicyclic) bond motifs is 1. The molecule has 0 unspecified atom stereocenters. The fourth-order valence-electron chi connectivity index (χ4n) is 2.02. The lowest BCUT2D eigenvalue weighted by Gasteiger charge is -2.09. The fraction of sp³-hybridized carbons (Fsp3) is 0.385. The number of ether oxygens (including phenoxy) is 1. The smallest absolute Gasteiger partial charge is 0.119 e. The minimum Gasteiger partial charge on any atom is -0.497 e. The van der Waals surface area contributed by atoms with Crippen LogP contribution in [-0.2, 0) is 0 Å². The van der Waals surface area contributed by atoms with Crippen LogP contribution in [0.25, 0.3) is 10.9 Å². The Morgan fingerprint density at radius 2 is 2.25 bits per heavy atom. The van der Waals surface area contributed by atoms with Crippen LogP contribution in [0.4, 0.5) is 0 Å². The Hall–Kier alpha value is -1.48. The van der Waals surface area contributed by atoms with Crippen LogP contribution in [0, 0.1) is 0 Å². The number of nitrogens with two attached hydrogens (primary N) is 1. The van der Waals surface area contributed by atoms with E-state index in [1.165, 1.54) is 10.9 Å². The van der Waals surface area contributed by atoms with Gasteiger partial charge in [-0.15, -0.1) is 0 Å². The number of nitrogens with one attached hydrogen (secondary N) is 1. The van der Waals surface area contributed by atoms with Crippen LogP contribution < -0.4 is 10.5 Å². The third-order valence-electron chi connectivity index (χ3n) is 2.92. The van der Waals surface area contributed by atoms with Crippen LogP contribution in [-0.4, -0.2) is 12.1 Å². The highest BCUT2D eigenvalue weighted by atomic mass is 16.5. The average molecular weight is 218 g/mol. The van der Waals surface area contributed by atoms with E-state index in [9.17, 15) is 0 Å². The van der Waals surface area contributed by atoms with Crippen LogP contribution in [0.2, 0.25) is 0 Å². The van der Waals surface area contributed by atoms with E-state index in [1.807, 2.05) is 24.4 Å². The largest absolute Gasteiger partial charge is 0.497 e. The lowest BCUT2D eigenvalue weighted by Crippen LogP contribution is -2.08. The number of methoxy groups -OCH3 is 1. The molecule has 2 aromatic rings. The molecular formula is C13H18N2O. The second-order valence-corrected chi connectivity index (χ2v) is 4.05. The summed E-state index contributed by atoms with van der Waals surface area (Å²) in [6.07, 6.45) is 4.10. The van der Waals surface area contributed by atoms with Crippen molar-refractivity contribution in [3.63, 3.8) is 0 Å². The zero-order chi connectivity index (χ0) is 11.5. The normalized spacial score (nSPS) is 12.9. The zero-order valence-corrected chi connectivity index (χ0v) is 9.79. The highest BCUT2D eigenvalue weighted by Gasteiger charge is 2.11. The molecule has 0 saturated carbocycles. The van der Waals surface area contributed by atoms with Crippen molar-refractivity contribution in [1.29, 1.82) is 0 Å². The first-order valence-corrected chi connectivity index (χ1v) is 5.67. The number of rotatable bonds is 4. The maximum atomic E-state index is 6.15. The predicted molar refractivity (Wildman–Crippen MR) is 66.7 cm³/mol. The maximum Gasteiger partial charge on any atom is 0.119 e. The summed E-state index contributed by atoms with van der Waals surface area (Å²) in [5.74, 6) is 0.872. The van der Waals surface area contributed by atoms with Gasteiger partial charge in [0.2, 0.25) is 0 Å². The highest BCUT2D eigenvalue weighted by Crippen LogP contribution is 2.28. The second kappa shape index (κ2) is 4.58. The molecule has 86 valence electrons. The Morgan fingerprint density at radius 1 is 1.44 bits per heavy atom. The van der Waals surface area contributed by atoms with Gasteiger partial charge in [-0.1, -0.05) is 13.3 Å². The number of hydrogen-bond acceptors (Lipinski definition) is 2. The molecule has 0 spiro atoms. The van der Waals surface area contributed by atoms with Gasteiger partial charge in [0.1, 0.15) is 5.75 Å². The van der Waals surface area contributed by atoms with Crippen molar-refractivity contribution < 1.29 is 4.74 Å². The summed E-state index contributed by atoms with van der Waals surface area (Å²) in [7, 11) is 1.68. The molecule has 1 heterocycles. The quantitative estimate of drug-likeness (QED) is 0.828. The Labute approximate surface area is 95.6 Å². The molecule has 3 heteroatoms. The molecule has 1 aromatic heterocycles. The van der Waals surface area contributed by atoms with Crippen molar-refractivity contribution in [2.45, 2.75) is 25.8 Å². The van der Waals surface area contributed by atoms with E-state index in [0.29, 0.717) is 0 Å². The number of benzene rings is 1. The molecule has 16 heavy (non-hydrogen) atoms. The monoisotopic (exact) mass is 218 g/mol. The lowest BCUT2D eigenvalue weighted by molar-refractivity contribution is 0.415. The molecule has 0 aliphatic rings. The molecule has 3 nitrogen and oxygen atoms in total. The van der Waals surface area contributed by atoms with E-state index in [-0.39, 0.29) is 6.04 Å². The van der Waals surface area contributed by atoms with Crippen molar-refractivity contribution >= 4 is 10.9 Å². The van der Waals surface area contributed by atoms with E-state index in [0.717, 1.165) is 24.1 Å². The first kappa shape index (κ1) is 11.0. The molecular weight excluding hydrogens is 200 g/mol. The van der Waals surface area contributed by atoms with Crippen LogP contribution in [0.1, 0.15) is 31.4 Å². The number of aromatic nitrogens is 1. The van der Waals surface area contributed by atoms with Crippen LogP contribution >= 0.6 is 0 Å². The van der Waals surface area contributed by atoms with Crippen molar-refractivity contribution in [1.82, 2.24) is 4.98 Å². The Balaban J connectivity index is 2.45. The molecule has 0 aliphatic carbocycles. The van der Waals surface area contributed by atoms with Crippen molar-refractivity contribution in [3.8, 4) is 5.75 Å². The molecule has 3 N–H and O–H groups in total. The van der Waals surface area contributed by atoms with E-state index in [1.54, 1.807) is 7.11 Å². The summed E-state index contributed by atoms with van der Waals surface area (Å²) < 4.78 is 5.23. The summed E-state index contributed by atoms with van der Waals surface area (Å²) in [6, 6.07) is 6.12. The maximum absolute atomic E-state index is 6.15. The Kier molecular flexibility index (Phi) is 3.15. The third-order valence-corrected chi connectivity index (χ3v) is 2.92. The Bertz CT molecular complexity index is 476. The minimum atomic E-state index is 0.103. The van der Waals surface area contributed by atoms with Gasteiger partial charge in [0.05, 0.1) is 7.11 Å². The summed E-state index contributed by atoms with van der Waals surface area (Å²) in [5, 5.41) is 1.17. The standard InChI is InChI=1S/C13H18N2O/c1-3-4-12(14)11-8-15-13-6-5-9(16-2)7-10(11)13/h5-8,12,15H,3-4,14H2,1-2H3/t12-/m0/s1. The molecule has 0 bridgehead atoms. The molecule has 0 aliphatic heterocycles. The van der Waals surface area contributed by atoms with Crippen molar-refractivity contribution in [3.05, 3.63) is 30.0 Å². The van der Waals surface area contributed by atoms with Gasteiger partial charge < -0.3 is 15.5 Å². The van der Waals surface area contributed by atoms with Gasteiger partial charge in [0.15, 0.2) is 0 Å². The molecule has 0 radical (unpaired) electrons. The number of aromatic amines is 1. The summed E-state index contributed by atoms with van der Waals surface area (Å²) in [5.41, 5.74) is 8.44. The van der Waals surface area contributed by atoms with E-state index in [4.69, 9.17) is 10.5 Å². The molecule has 0 saturated heterocycles. The number of hydrogen-bond donors (Lipinski definition) is 2. The van der Waals surface area contributed by atoms with E-state index < -0.39 is 0 Å². The molecule has 2 rings (SSSR count). The Morgan fingerprint density at radius 3 is 2.94 bits per heavy atom. The van der Waals surface area contributed by atoms with Gasteiger partial charge in [-0.25, -0.2) is 0 Å². The van der Waals surface area contributed by atoms with Gasteiger partial charge in [0.25, 0.3) is 0 Å². The van der Waals surface area contributed by atoms with Crippen molar-refractivity contribution in [2.24, 2.45) is 5.73 Å². The van der Waals surface area contributed by atoms with E-state index in [2.05, 4.69) is 11.9 Å².